The number of carbonyl (C=O) groups excluding carboxylic acids is 1. The summed E-state index contributed by atoms with van der Waals surface area (Å²) in [6.07, 6.45) is 2.83. The second kappa shape index (κ2) is 10.4. The molecule has 33 heavy (non-hydrogen) atoms. The van der Waals surface area contributed by atoms with E-state index in [4.69, 9.17) is 0 Å². The van der Waals surface area contributed by atoms with Crippen molar-refractivity contribution >= 4 is 33.4 Å². The Labute approximate surface area is 197 Å². The quantitative estimate of drug-likeness (QED) is 0.487. The van der Waals surface area contributed by atoms with Gasteiger partial charge in [-0.1, -0.05) is 48.5 Å². The number of amides is 1. The molecule has 0 saturated carbocycles. The van der Waals surface area contributed by atoms with Crippen LogP contribution in [0.5, 0.6) is 0 Å². The van der Waals surface area contributed by atoms with Crippen LogP contribution in [0.2, 0.25) is 0 Å². The molecule has 2 aromatic carbocycles. The third-order valence-electron chi connectivity index (χ3n) is 5.40. The van der Waals surface area contributed by atoms with E-state index in [1.807, 2.05) is 30.3 Å². The van der Waals surface area contributed by atoms with Crippen LogP contribution in [0.1, 0.15) is 31.7 Å². The molecule has 0 bridgehead atoms. The number of hydrogen-bond donors (Lipinski definition) is 1. The molecule has 1 amide bonds. The summed E-state index contributed by atoms with van der Waals surface area (Å²) in [5.41, 5.74) is 1.59. The predicted octanol–water partition coefficient (Wildman–Crippen LogP) is 3.02. The van der Waals surface area contributed by atoms with Gasteiger partial charge in [-0.3, -0.25) is 4.79 Å². The molecule has 0 radical (unpaired) electrons. The molecule has 1 atom stereocenters. The summed E-state index contributed by atoms with van der Waals surface area (Å²) in [5, 5.41) is 14.7. The summed E-state index contributed by atoms with van der Waals surface area (Å²) in [6, 6.07) is 16.1. The van der Waals surface area contributed by atoms with Gasteiger partial charge in [0.05, 0.1) is 16.7 Å². The number of piperidine rings is 1. The molecule has 1 fully saturated rings. The van der Waals surface area contributed by atoms with Gasteiger partial charge in [0.2, 0.25) is 21.1 Å². The van der Waals surface area contributed by atoms with Gasteiger partial charge >= 0.3 is 0 Å². The first-order valence-electron chi connectivity index (χ1n) is 10.8. The van der Waals surface area contributed by atoms with Gasteiger partial charge in [0.1, 0.15) is 0 Å². The highest BCUT2D eigenvalue weighted by Gasteiger charge is 2.26. The van der Waals surface area contributed by atoms with Crippen molar-refractivity contribution in [2.75, 3.05) is 18.4 Å². The van der Waals surface area contributed by atoms with Gasteiger partial charge in [0.15, 0.2) is 0 Å². The summed E-state index contributed by atoms with van der Waals surface area (Å²) in [4.78, 5) is 12.9. The molecular weight excluding hydrogens is 460 g/mol. The Morgan fingerprint density at radius 1 is 1.06 bits per heavy atom. The average molecular weight is 487 g/mol. The summed E-state index contributed by atoms with van der Waals surface area (Å²) in [5.74, 6) is -0.221. The Morgan fingerprint density at radius 2 is 1.76 bits per heavy atom. The third kappa shape index (κ3) is 5.79. The fraction of sp³-hybridized carbons (Fsp3) is 0.364. The lowest BCUT2D eigenvalue weighted by molar-refractivity contribution is -0.115. The second-order valence-electron chi connectivity index (χ2n) is 7.84. The minimum absolute atomic E-state index is 0.221. The highest BCUT2D eigenvalue weighted by atomic mass is 32.2. The zero-order valence-electron chi connectivity index (χ0n) is 18.3. The molecule has 3 aromatic rings. The van der Waals surface area contributed by atoms with E-state index in [2.05, 4.69) is 20.8 Å². The van der Waals surface area contributed by atoms with E-state index in [0.717, 1.165) is 24.8 Å². The maximum Gasteiger partial charge on any atom is 0.243 e. The van der Waals surface area contributed by atoms with Crippen LogP contribution >= 0.6 is 11.8 Å². The molecule has 1 aromatic heterocycles. The van der Waals surface area contributed by atoms with Crippen LogP contribution in [0, 0.1) is 0 Å². The molecule has 0 unspecified atom stereocenters. The number of nitrogens with one attached hydrogen (secondary N) is 1. The maximum atomic E-state index is 12.8. The number of carbonyl (C=O) groups is 1. The summed E-state index contributed by atoms with van der Waals surface area (Å²) < 4.78 is 28.8. The van der Waals surface area contributed by atoms with Gasteiger partial charge in [0, 0.05) is 18.8 Å². The number of thioether (sulfide) groups is 1. The number of tetrazole rings is 1. The van der Waals surface area contributed by atoms with Crippen LogP contribution < -0.4 is 5.32 Å². The normalized spacial score (nSPS) is 15.8. The Balaban J connectivity index is 1.36. The van der Waals surface area contributed by atoms with E-state index in [1.165, 1.54) is 28.2 Å². The lowest BCUT2D eigenvalue weighted by Gasteiger charge is -2.25. The number of benzene rings is 2. The van der Waals surface area contributed by atoms with Gasteiger partial charge in [-0.15, -0.1) is 5.10 Å². The zero-order chi connectivity index (χ0) is 23.3. The van der Waals surface area contributed by atoms with E-state index in [9.17, 15) is 13.2 Å². The Kier molecular flexibility index (Phi) is 7.41. The molecule has 0 spiro atoms. The zero-order valence-corrected chi connectivity index (χ0v) is 19.9. The van der Waals surface area contributed by atoms with Crippen molar-refractivity contribution < 1.29 is 13.2 Å². The van der Waals surface area contributed by atoms with Crippen molar-refractivity contribution in [2.24, 2.45) is 0 Å². The van der Waals surface area contributed by atoms with Crippen molar-refractivity contribution in [3.8, 4) is 0 Å². The van der Waals surface area contributed by atoms with E-state index in [0.29, 0.717) is 30.5 Å². The fourth-order valence-electron chi connectivity index (χ4n) is 3.56. The summed E-state index contributed by atoms with van der Waals surface area (Å²) in [7, 11) is -3.50. The first-order chi connectivity index (χ1) is 15.9. The molecule has 0 aliphatic carbocycles. The Morgan fingerprint density at radius 3 is 2.45 bits per heavy atom. The highest BCUT2D eigenvalue weighted by molar-refractivity contribution is 8.00. The molecule has 1 aliphatic rings. The fourth-order valence-corrected chi connectivity index (χ4v) is 5.86. The van der Waals surface area contributed by atoms with Crippen molar-refractivity contribution in [1.82, 2.24) is 24.5 Å². The minimum atomic E-state index is -3.50. The molecule has 1 aliphatic heterocycles. The van der Waals surface area contributed by atoms with Gasteiger partial charge in [-0.2, -0.15) is 4.31 Å². The SMILES string of the molecule is C[C@H](Sc1nnnn1Cc1ccccc1)C(=O)Nc1ccc(S(=O)(=O)N2CCCCC2)cc1. The minimum Gasteiger partial charge on any atom is -0.325 e. The second-order valence-corrected chi connectivity index (χ2v) is 11.1. The third-order valence-corrected chi connectivity index (χ3v) is 8.38. The summed E-state index contributed by atoms with van der Waals surface area (Å²) in [6.45, 7) is 3.40. The Hall–Kier alpha value is -2.76. The van der Waals surface area contributed by atoms with E-state index >= 15 is 0 Å². The van der Waals surface area contributed by atoms with Crippen molar-refractivity contribution in [2.45, 2.75) is 48.0 Å². The molecule has 2 heterocycles. The lowest BCUT2D eigenvalue weighted by Crippen LogP contribution is -2.35. The largest absolute Gasteiger partial charge is 0.325 e. The molecule has 1 saturated heterocycles. The molecular formula is C22H26N6O3S2. The standard InChI is InChI=1S/C22H26N6O3S2/c1-17(32-22-24-25-26-28(22)16-18-8-4-2-5-9-18)21(29)23-19-10-12-20(13-11-19)33(30,31)27-14-6-3-7-15-27/h2,4-5,8-13,17H,3,6-7,14-16H2,1H3,(H,23,29)/t17-/m0/s1. The molecule has 174 valence electrons. The van der Waals surface area contributed by atoms with E-state index in [1.54, 1.807) is 23.7 Å². The smallest absolute Gasteiger partial charge is 0.243 e. The first-order valence-corrected chi connectivity index (χ1v) is 13.1. The number of sulfonamides is 1. The predicted molar refractivity (Wildman–Crippen MR) is 126 cm³/mol. The van der Waals surface area contributed by atoms with Gasteiger partial charge in [0.25, 0.3) is 0 Å². The lowest BCUT2D eigenvalue weighted by atomic mass is 10.2. The number of rotatable bonds is 8. The van der Waals surface area contributed by atoms with E-state index < -0.39 is 15.3 Å². The van der Waals surface area contributed by atoms with Crippen LogP contribution in [0.4, 0.5) is 5.69 Å². The number of nitrogens with zero attached hydrogens (tertiary/aromatic N) is 5. The number of aromatic nitrogens is 4. The van der Waals surface area contributed by atoms with Gasteiger partial charge in [-0.05, 0) is 60.0 Å². The van der Waals surface area contributed by atoms with Crippen molar-refractivity contribution in [3.05, 3.63) is 60.2 Å². The molecule has 1 N–H and O–H groups in total. The van der Waals surface area contributed by atoms with Gasteiger partial charge < -0.3 is 5.32 Å². The highest BCUT2D eigenvalue weighted by Crippen LogP contribution is 2.24. The van der Waals surface area contributed by atoms with Crippen molar-refractivity contribution in [1.29, 1.82) is 0 Å². The molecule has 9 nitrogen and oxygen atoms in total. The van der Waals surface area contributed by atoms with E-state index in [-0.39, 0.29) is 10.8 Å². The van der Waals surface area contributed by atoms with Crippen LogP contribution in [0.3, 0.4) is 0 Å². The number of anilines is 1. The maximum absolute atomic E-state index is 12.8. The van der Waals surface area contributed by atoms with Gasteiger partial charge in [-0.25, -0.2) is 13.1 Å². The molecule has 11 heteroatoms. The first kappa shape index (κ1) is 23.4. The summed E-state index contributed by atoms with van der Waals surface area (Å²) >= 11 is 1.26. The van der Waals surface area contributed by atoms with Crippen LogP contribution in [0.15, 0.2) is 64.6 Å². The Bertz CT molecular complexity index is 1180. The topological polar surface area (TPSA) is 110 Å². The van der Waals surface area contributed by atoms with Crippen LogP contribution in [0.25, 0.3) is 0 Å². The monoisotopic (exact) mass is 486 g/mol. The number of hydrogen-bond acceptors (Lipinski definition) is 7. The van der Waals surface area contributed by atoms with Crippen LogP contribution in [-0.4, -0.2) is 57.2 Å². The molecule has 4 rings (SSSR count). The van der Waals surface area contributed by atoms with Crippen LogP contribution in [-0.2, 0) is 21.4 Å². The van der Waals surface area contributed by atoms with Crippen molar-refractivity contribution in [3.63, 3.8) is 0 Å². The average Bonchev–Trinajstić information content (AvgIpc) is 3.27.